The second-order valence-corrected chi connectivity index (χ2v) is 8.63. The van der Waals surface area contributed by atoms with Crippen molar-refractivity contribution in [3.63, 3.8) is 0 Å². The first-order chi connectivity index (χ1) is 13.0. The van der Waals surface area contributed by atoms with Gasteiger partial charge in [0, 0.05) is 26.3 Å². The topological polar surface area (TPSA) is 72.3 Å². The van der Waals surface area contributed by atoms with Gasteiger partial charge in [-0.05, 0) is 82.5 Å². The Morgan fingerprint density at radius 1 is 1.04 bits per heavy atom. The predicted molar refractivity (Wildman–Crippen MR) is 105 cm³/mol. The van der Waals surface area contributed by atoms with Gasteiger partial charge in [0.05, 0.1) is 17.4 Å². The molecule has 27 heavy (non-hydrogen) atoms. The normalized spacial score (nSPS) is 28.9. The van der Waals surface area contributed by atoms with Gasteiger partial charge in [-0.15, -0.1) is 0 Å². The molecule has 2 fully saturated rings. The van der Waals surface area contributed by atoms with Gasteiger partial charge in [-0.3, -0.25) is 4.79 Å². The third-order valence-corrected chi connectivity index (χ3v) is 6.44. The Morgan fingerprint density at radius 3 is 2.26 bits per heavy atom. The standard InChI is InChI=1S/C22H34N2O3/c1-15(25)20-13-23-22(12-17-7-9-19(26)10-8-17)24-21(20)11-16-3-5-18(6-4-16)14-27-2/h13,16-19,26H,3-12,14H2,1-2H3/t16?,17-,18?,19-. The number of aliphatic hydroxyl groups excluding tert-OH is 1. The Balaban J connectivity index is 1.64. The zero-order valence-electron chi connectivity index (χ0n) is 16.8. The summed E-state index contributed by atoms with van der Waals surface area (Å²) >= 11 is 0. The molecule has 0 unspecified atom stereocenters. The van der Waals surface area contributed by atoms with Crippen LogP contribution in [0, 0.1) is 17.8 Å². The number of nitrogens with zero attached hydrogens (tertiary/aromatic N) is 2. The number of rotatable bonds is 7. The molecule has 5 heteroatoms. The van der Waals surface area contributed by atoms with Crippen LogP contribution in [-0.2, 0) is 17.6 Å². The van der Waals surface area contributed by atoms with Gasteiger partial charge in [0.1, 0.15) is 5.82 Å². The van der Waals surface area contributed by atoms with E-state index in [1.807, 2.05) is 0 Å². The number of hydrogen-bond acceptors (Lipinski definition) is 5. The molecule has 1 heterocycles. The van der Waals surface area contributed by atoms with E-state index in [4.69, 9.17) is 9.72 Å². The Labute approximate surface area is 162 Å². The molecule has 0 atom stereocenters. The molecule has 1 aromatic rings. The van der Waals surface area contributed by atoms with Crippen LogP contribution in [0.3, 0.4) is 0 Å². The van der Waals surface area contributed by atoms with Crippen LogP contribution in [0.5, 0.6) is 0 Å². The molecule has 0 radical (unpaired) electrons. The molecule has 5 nitrogen and oxygen atoms in total. The highest BCUT2D eigenvalue weighted by Gasteiger charge is 2.25. The van der Waals surface area contributed by atoms with Crippen molar-refractivity contribution in [3.8, 4) is 0 Å². The van der Waals surface area contributed by atoms with Crippen LogP contribution in [0.2, 0.25) is 0 Å². The van der Waals surface area contributed by atoms with Gasteiger partial charge in [-0.25, -0.2) is 9.97 Å². The van der Waals surface area contributed by atoms with E-state index >= 15 is 0 Å². The van der Waals surface area contributed by atoms with Crippen LogP contribution in [0.1, 0.15) is 80.2 Å². The fourth-order valence-electron chi connectivity index (χ4n) is 4.73. The Bertz CT molecular complexity index is 618. The molecular formula is C22H34N2O3. The van der Waals surface area contributed by atoms with Crippen LogP contribution in [-0.4, -0.2) is 40.7 Å². The summed E-state index contributed by atoms with van der Waals surface area (Å²) in [7, 11) is 1.78. The lowest BCUT2D eigenvalue weighted by molar-refractivity contribution is 0.101. The summed E-state index contributed by atoms with van der Waals surface area (Å²) in [6, 6.07) is 0. The van der Waals surface area contributed by atoms with Crippen molar-refractivity contribution in [1.29, 1.82) is 0 Å². The number of methoxy groups -OCH3 is 1. The smallest absolute Gasteiger partial charge is 0.163 e. The van der Waals surface area contributed by atoms with Crippen LogP contribution < -0.4 is 0 Å². The quantitative estimate of drug-likeness (QED) is 0.736. The van der Waals surface area contributed by atoms with Gasteiger partial charge in [0.2, 0.25) is 0 Å². The second kappa shape index (κ2) is 9.74. The number of hydrogen-bond donors (Lipinski definition) is 1. The largest absolute Gasteiger partial charge is 0.393 e. The summed E-state index contributed by atoms with van der Waals surface area (Å²) < 4.78 is 5.30. The number of ether oxygens (including phenoxy) is 1. The molecule has 2 aliphatic carbocycles. The molecule has 0 saturated heterocycles. The van der Waals surface area contributed by atoms with Crippen molar-refractivity contribution in [2.75, 3.05) is 13.7 Å². The minimum atomic E-state index is -0.133. The predicted octanol–water partition coefficient (Wildman–Crippen LogP) is 3.77. The molecule has 0 aliphatic heterocycles. The summed E-state index contributed by atoms with van der Waals surface area (Å²) in [6.45, 7) is 2.47. The maximum Gasteiger partial charge on any atom is 0.163 e. The maximum absolute atomic E-state index is 12.1. The SMILES string of the molecule is COCC1CCC(Cc2nc(C[C@H]3CC[C@H](O)CC3)ncc2C(C)=O)CC1. The highest BCUT2D eigenvalue weighted by Crippen LogP contribution is 2.32. The fraction of sp³-hybridized carbons (Fsp3) is 0.773. The average Bonchev–Trinajstić information content (AvgIpc) is 2.65. The molecule has 0 spiro atoms. The first kappa shape index (κ1) is 20.4. The van der Waals surface area contributed by atoms with Gasteiger partial charge in [-0.2, -0.15) is 0 Å². The van der Waals surface area contributed by atoms with Gasteiger partial charge < -0.3 is 9.84 Å². The van der Waals surface area contributed by atoms with E-state index in [1.54, 1.807) is 20.2 Å². The lowest BCUT2D eigenvalue weighted by Crippen LogP contribution is -2.22. The third-order valence-electron chi connectivity index (χ3n) is 6.44. The number of Topliss-reactive ketones (excluding diaryl/α,β-unsaturated/α-hetero) is 1. The van der Waals surface area contributed by atoms with E-state index in [9.17, 15) is 9.90 Å². The highest BCUT2D eigenvalue weighted by molar-refractivity contribution is 5.94. The number of carbonyl (C=O) groups excluding carboxylic acids is 1. The molecule has 0 aromatic carbocycles. The first-order valence-corrected chi connectivity index (χ1v) is 10.6. The van der Waals surface area contributed by atoms with E-state index < -0.39 is 0 Å². The first-order valence-electron chi connectivity index (χ1n) is 10.6. The highest BCUT2D eigenvalue weighted by atomic mass is 16.5. The Hall–Kier alpha value is -1.33. The summed E-state index contributed by atoms with van der Waals surface area (Å²) in [5.41, 5.74) is 1.63. The lowest BCUT2D eigenvalue weighted by atomic mass is 9.80. The molecule has 1 N–H and O–H groups in total. The molecule has 150 valence electrons. The van der Waals surface area contributed by atoms with Gasteiger partial charge >= 0.3 is 0 Å². The fourth-order valence-corrected chi connectivity index (χ4v) is 4.73. The zero-order chi connectivity index (χ0) is 19.2. The van der Waals surface area contributed by atoms with Crippen molar-refractivity contribution in [1.82, 2.24) is 9.97 Å². The molecule has 0 bridgehead atoms. The van der Waals surface area contributed by atoms with Crippen LogP contribution in [0.25, 0.3) is 0 Å². The van der Waals surface area contributed by atoms with Crippen molar-refractivity contribution in [2.24, 2.45) is 17.8 Å². The number of carbonyl (C=O) groups is 1. The van der Waals surface area contributed by atoms with E-state index in [0.29, 0.717) is 23.3 Å². The average molecular weight is 375 g/mol. The van der Waals surface area contributed by atoms with Gasteiger partial charge in [0.15, 0.2) is 5.78 Å². The molecule has 2 aliphatic rings. The number of aromatic nitrogens is 2. The van der Waals surface area contributed by atoms with Crippen LogP contribution in [0.4, 0.5) is 0 Å². The van der Waals surface area contributed by atoms with E-state index in [-0.39, 0.29) is 11.9 Å². The summed E-state index contributed by atoms with van der Waals surface area (Å²) in [5, 5.41) is 9.69. The van der Waals surface area contributed by atoms with E-state index in [0.717, 1.165) is 56.7 Å². The zero-order valence-corrected chi connectivity index (χ0v) is 16.8. The Morgan fingerprint density at radius 2 is 1.63 bits per heavy atom. The summed E-state index contributed by atoms with van der Waals surface area (Å²) in [5.74, 6) is 2.76. The monoisotopic (exact) mass is 374 g/mol. The van der Waals surface area contributed by atoms with Crippen molar-refractivity contribution < 1.29 is 14.6 Å². The maximum atomic E-state index is 12.1. The Kier molecular flexibility index (Phi) is 7.36. The number of aliphatic hydroxyl groups is 1. The second-order valence-electron chi connectivity index (χ2n) is 8.63. The van der Waals surface area contributed by atoms with Crippen molar-refractivity contribution in [3.05, 3.63) is 23.3 Å². The summed E-state index contributed by atoms with van der Waals surface area (Å²) in [6.07, 6.45) is 12.0. The van der Waals surface area contributed by atoms with Crippen LogP contribution in [0.15, 0.2) is 6.20 Å². The van der Waals surface area contributed by atoms with Gasteiger partial charge in [0.25, 0.3) is 0 Å². The van der Waals surface area contributed by atoms with E-state index in [2.05, 4.69) is 4.98 Å². The molecule has 3 rings (SSSR count). The van der Waals surface area contributed by atoms with Gasteiger partial charge in [-0.1, -0.05) is 0 Å². The summed E-state index contributed by atoms with van der Waals surface area (Å²) in [4.78, 5) is 21.4. The molecule has 1 aromatic heterocycles. The van der Waals surface area contributed by atoms with Crippen molar-refractivity contribution in [2.45, 2.75) is 77.2 Å². The van der Waals surface area contributed by atoms with E-state index in [1.165, 1.54) is 25.7 Å². The number of ketones is 1. The molecule has 2 saturated carbocycles. The minimum absolute atomic E-state index is 0.0606. The minimum Gasteiger partial charge on any atom is -0.393 e. The molecule has 0 amide bonds. The molecular weight excluding hydrogens is 340 g/mol. The lowest BCUT2D eigenvalue weighted by Gasteiger charge is -2.28. The van der Waals surface area contributed by atoms with Crippen molar-refractivity contribution >= 4 is 5.78 Å². The van der Waals surface area contributed by atoms with Crippen LogP contribution >= 0.6 is 0 Å². The third kappa shape index (κ3) is 5.82.